The molecular formula is C15H22N2O2. The molecule has 0 saturated carbocycles. The van der Waals surface area contributed by atoms with Crippen LogP contribution in [0.25, 0.3) is 0 Å². The lowest BCUT2D eigenvalue weighted by molar-refractivity contribution is 0.0697. The Bertz CT molecular complexity index is 434. The summed E-state index contributed by atoms with van der Waals surface area (Å²) in [5, 5.41) is 12.3. The highest BCUT2D eigenvalue weighted by Crippen LogP contribution is 2.22. The van der Waals surface area contributed by atoms with Gasteiger partial charge in [0, 0.05) is 25.2 Å². The van der Waals surface area contributed by atoms with E-state index in [4.69, 9.17) is 5.11 Å². The van der Waals surface area contributed by atoms with Crippen molar-refractivity contribution < 1.29 is 9.90 Å². The maximum absolute atomic E-state index is 10.8. The first-order valence-electron chi connectivity index (χ1n) is 6.76. The molecule has 4 heteroatoms. The van der Waals surface area contributed by atoms with Crippen LogP contribution in [-0.2, 0) is 6.54 Å². The van der Waals surface area contributed by atoms with Crippen LogP contribution >= 0.6 is 0 Å². The Balaban J connectivity index is 1.90. The summed E-state index contributed by atoms with van der Waals surface area (Å²) in [6.45, 7) is 5.34. The van der Waals surface area contributed by atoms with Gasteiger partial charge in [-0.2, -0.15) is 0 Å². The molecule has 104 valence electrons. The number of hydrogen-bond donors (Lipinski definition) is 2. The molecule has 0 spiro atoms. The molecule has 1 heterocycles. The number of likely N-dealkylation sites (tertiary alicyclic amines) is 1. The third-order valence-corrected chi connectivity index (χ3v) is 4.17. The van der Waals surface area contributed by atoms with Gasteiger partial charge in [-0.25, -0.2) is 4.79 Å². The predicted molar refractivity (Wildman–Crippen MR) is 75.4 cm³/mol. The van der Waals surface area contributed by atoms with Crippen molar-refractivity contribution in [2.24, 2.45) is 0 Å². The van der Waals surface area contributed by atoms with E-state index >= 15 is 0 Å². The molecule has 1 aliphatic rings. The van der Waals surface area contributed by atoms with Crippen molar-refractivity contribution in [2.75, 3.05) is 20.1 Å². The molecule has 1 fully saturated rings. The van der Waals surface area contributed by atoms with Crippen LogP contribution in [0.1, 0.15) is 35.7 Å². The molecular weight excluding hydrogens is 240 g/mol. The number of rotatable bonds is 4. The summed E-state index contributed by atoms with van der Waals surface area (Å²) in [7, 11) is 2.03. The van der Waals surface area contributed by atoms with Crippen molar-refractivity contribution >= 4 is 5.97 Å². The molecule has 0 aromatic heterocycles. The lowest BCUT2D eigenvalue weighted by Crippen LogP contribution is -2.49. The van der Waals surface area contributed by atoms with Crippen LogP contribution in [0.15, 0.2) is 24.3 Å². The first kappa shape index (κ1) is 14.0. The number of benzene rings is 1. The SMILES string of the molecule is CNC1(C)CCN(Cc2ccc(C(=O)O)cc2)CC1. The monoisotopic (exact) mass is 262 g/mol. The van der Waals surface area contributed by atoms with Crippen molar-refractivity contribution in [1.82, 2.24) is 10.2 Å². The van der Waals surface area contributed by atoms with Gasteiger partial charge in [-0.05, 0) is 44.5 Å². The van der Waals surface area contributed by atoms with Crippen LogP contribution < -0.4 is 5.32 Å². The van der Waals surface area contributed by atoms with Crippen LogP contribution in [0, 0.1) is 0 Å². The van der Waals surface area contributed by atoms with E-state index in [1.54, 1.807) is 12.1 Å². The van der Waals surface area contributed by atoms with Gasteiger partial charge < -0.3 is 10.4 Å². The average molecular weight is 262 g/mol. The fourth-order valence-electron chi connectivity index (χ4n) is 2.47. The first-order valence-corrected chi connectivity index (χ1v) is 6.76. The van der Waals surface area contributed by atoms with Gasteiger partial charge in [0.2, 0.25) is 0 Å². The fourth-order valence-corrected chi connectivity index (χ4v) is 2.47. The Morgan fingerprint density at radius 3 is 2.37 bits per heavy atom. The first-order chi connectivity index (χ1) is 9.02. The number of nitrogens with zero attached hydrogens (tertiary/aromatic N) is 1. The van der Waals surface area contributed by atoms with E-state index < -0.39 is 5.97 Å². The molecule has 19 heavy (non-hydrogen) atoms. The maximum Gasteiger partial charge on any atom is 0.335 e. The smallest absolute Gasteiger partial charge is 0.335 e. The van der Waals surface area contributed by atoms with Gasteiger partial charge in [-0.3, -0.25) is 4.90 Å². The van der Waals surface area contributed by atoms with E-state index in [0.29, 0.717) is 5.56 Å². The third kappa shape index (κ3) is 3.55. The Morgan fingerprint density at radius 1 is 1.32 bits per heavy atom. The summed E-state index contributed by atoms with van der Waals surface area (Å²) < 4.78 is 0. The standard InChI is InChI=1S/C15H22N2O2/c1-15(16-2)7-9-17(10-8-15)11-12-3-5-13(6-4-12)14(18)19/h3-6,16H,7-11H2,1-2H3,(H,18,19). The number of carboxylic acid groups (broad SMARTS) is 1. The summed E-state index contributed by atoms with van der Waals surface area (Å²) in [5.74, 6) is -0.866. The van der Waals surface area contributed by atoms with Crippen LogP contribution in [0.2, 0.25) is 0 Å². The van der Waals surface area contributed by atoms with Crippen molar-refractivity contribution in [3.05, 3.63) is 35.4 Å². The van der Waals surface area contributed by atoms with Crippen LogP contribution in [0.3, 0.4) is 0 Å². The number of hydrogen-bond acceptors (Lipinski definition) is 3. The van der Waals surface area contributed by atoms with E-state index in [0.717, 1.165) is 32.5 Å². The second kappa shape index (κ2) is 5.72. The van der Waals surface area contributed by atoms with Gasteiger partial charge in [-0.15, -0.1) is 0 Å². The summed E-state index contributed by atoms with van der Waals surface area (Å²) in [6, 6.07) is 7.18. The molecule has 0 aliphatic carbocycles. The molecule has 0 radical (unpaired) electrons. The topological polar surface area (TPSA) is 52.6 Å². The summed E-state index contributed by atoms with van der Waals surface area (Å²) in [4.78, 5) is 13.2. The number of nitrogens with one attached hydrogen (secondary N) is 1. The second-order valence-electron chi connectivity index (χ2n) is 5.59. The zero-order valence-electron chi connectivity index (χ0n) is 11.6. The van der Waals surface area contributed by atoms with Gasteiger partial charge in [0.05, 0.1) is 5.56 Å². The van der Waals surface area contributed by atoms with Crippen LogP contribution in [-0.4, -0.2) is 41.7 Å². The quantitative estimate of drug-likeness (QED) is 0.871. The van der Waals surface area contributed by atoms with E-state index in [9.17, 15) is 4.79 Å². The number of carboxylic acids is 1. The molecule has 0 unspecified atom stereocenters. The Kier molecular flexibility index (Phi) is 4.22. The maximum atomic E-state index is 10.8. The van der Waals surface area contributed by atoms with Crippen molar-refractivity contribution in [2.45, 2.75) is 31.8 Å². The Labute approximate surface area is 114 Å². The molecule has 0 bridgehead atoms. The van der Waals surface area contributed by atoms with Gasteiger partial charge >= 0.3 is 5.97 Å². The summed E-state index contributed by atoms with van der Waals surface area (Å²) >= 11 is 0. The Morgan fingerprint density at radius 2 is 1.89 bits per heavy atom. The van der Waals surface area contributed by atoms with E-state index in [1.165, 1.54) is 5.56 Å². The van der Waals surface area contributed by atoms with Gasteiger partial charge in [0.1, 0.15) is 0 Å². The van der Waals surface area contributed by atoms with E-state index in [-0.39, 0.29) is 5.54 Å². The predicted octanol–water partition coefficient (Wildman–Crippen LogP) is 1.96. The van der Waals surface area contributed by atoms with Crippen LogP contribution in [0.4, 0.5) is 0 Å². The lowest BCUT2D eigenvalue weighted by Gasteiger charge is -2.39. The van der Waals surface area contributed by atoms with Crippen molar-refractivity contribution in [1.29, 1.82) is 0 Å². The fraction of sp³-hybridized carbons (Fsp3) is 0.533. The molecule has 4 nitrogen and oxygen atoms in total. The number of aromatic carboxylic acids is 1. The Hall–Kier alpha value is -1.39. The minimum Gasteiger partial charge on any atom is -0.478 e. The highest BCUT2D eigenvalue weighted by Gasteiger charge is 2.27. The van der Waals surface area contributed by atoms with Crippen LogP contribution in [0.5, 0.6) is 0 Å². The minimum absolute atomic E-state index is 0.268. The molecule has 1 aromatic rings. The lowest BCUT2D eigenvalue weighted by atomic mass is 9.90. The highest BCUT2D eigenvalue weighted by atomic mass is 16.4. The highest BCUT2D eigenvalue weighted by molar-refractivity contribution is 5.87. The van der Waals surface area contributed by atoms with Gasteiger partial charge in [0.15, 0.2) is 0 Å². The van der Waals surface area contributed by atoms with Gasteiger partial charge in [-0.1, -0.05) is 12.1 Å². The zero-order chi connectivity index (χ0) is 13.9. The average Bonchev–Trinajstić information content (AvgIpc) is 2.42. The zero-order valence-corrected chi connectivity index (χ0v) is 11.6. The van der Waals surface area contributed by atoms with Gasteiger partial charge in [0.25, 0.3) is 0 Å². The van der Waals surface area contributed by atoms with Crippen molar-refractivity contribution in [3.63, 3.8) is 0 Å². The second-order valence-corrected chi connectivity index (χ2v) is 5.59. The normalized spacial score (nSPS) is 19.3. The molecule has 1 aromatic carbocycles. The molecule has 2 N–H and O–H groups in total. The molecule has 2 rings (SSSR count). The molecule has 0 amide bonds. The van der Waals surface area contributed by atoms with E-state index in [1.807, 2.05) is 19.2 Å². The molecule has 1 aliphatic heterocycles. The molecule has 0 atom stereocenters. The third-order valence-electron chi connectivity index (χ3n) is 4.17. The molecule has 1 saturated heterocycles. The summed E-state index contributed by atoms with van der Waals surface area (Å²) in [6.07, 6.45) is 2.30. The summed E-state index contributed by atoms with van der Waals surface area (Å²) in [5.41, 5.74) is 1.80. The number of piperidine rings is 1. The van der Waals surface area contributed by atoms with E-state index in [2.05, 4.69) is 17.1 Å². The largest absolute Gasteiger partial charge is 0.478 e. The van der Waals surface area contributed by atoms with Crippen molar-refractivity contribution in [3.8, 4) is 0 Å². The number of carbonyl (C=O) groups is 1. The minimum atomic E-state index is -0.866.